The predicted molar refractivity (Wildman–Crippen MR) is 124 cm³/mol. The van der Waals surface area contributed by atoms with Crippen LogP contribution in [0, 0.1) is 0 Å². The van der Waals surface area contributed by atoms with Crippen molar-refractivity contribution in [2.24, 2.45) is 5.73 Å². The summed E-state index contributed by atoms with van der Waals surface area (Å²) in [5, 5.41) is 0. The second-order valence-corrected chi connectivity index (χ2v) is 7.94. The van der Waals surface area contributed by atoms with Gasteiger partial charge in [0.1, 0.15) is 0 Å². The number of anilines is 1. The maximum atomic E-state index is 6.26. The normalized spacial score (nSPS) is 25.5. The zero-order valence-electron chi connectivity index (χ0n) is 16.5. The van der Waals surface area contributed by atoms with Crippen LogP contribution in [-0.2, 0) is 5.41 Å². The zero-order chi connectivity index (χ0) is 17.8. The molecule has 0 atom stereocenters. The van der Waals surface area contributed by atoms with Crippen LogP contribution in [-0.4, -0.2) is 43.7 Å². The third-order valence-corrected chi connectivity index (χ3v) is 6.64. The molecule has 2 aromatic rings. The molecule has 2 aromatic carbocycles. The number of halogens is 2. The molecule has 0 aromatic heterocycles. The van der Waals surface area contributed by atoms with Gasteiger partial charge in [-0.3, -0.25) is 4.90 Å². The molecule has 5 heteroatoms. The summed E-state index contributed by atoms with van der Waals surface area (Å²) in [5.41, 5.74) is 9.26. The van der Waals surface area contributed by atoms with E-state index in [4.69, 9.17) is 5.73 Å². The molecule has 1 aliphatic carbocycles. The average Bonchev–Trinajstić information content (AvgIpc) is 2.75. The molecule has 2 N–H and O–H groups in total. The van der Waals surface area contributed by atoms with E-state index in [0.717, 1.165) is 25.7 Å². The number of nitrogens with zero attached hydrogens (tertiary/aromatic N) is 2. The average molecular weight is 422 g/mol. The molecule has 1 aliphatic heterocycles. The van der Waals surface area contributed by atoms with Gasteiger partial charge in [-0.1, -0.05) is 48.5 Å². The Morgan fingerprint density at radius 3 is 1.86 bits per heavy atom. The van der Waals surface area contributed by atoms with Gasteiger partial charge in [-0.25, -0.2) is 0 Å². The fourth-order valence-electron chi connectivity index (χ4n) is 4.91. The standard InChI is InChI=1S/C23H31N3.2ClH/c24-19-23(20-7-3-1-4-8-20)13-11-22(12-14-23)26-17-15-25(16-18-26)21-9-5-2-6-10-21;;/h1-10,22H,11-19,24H2;2*1H/t22-,23+;;. The van der Waals surface area contributed by atoms with E-state index in [0.29, 0.717) is 0 Å². The summed E-state index contributed by atoms with van der Waals surface area (Å²) in [6.45, 7) is 5.41. The van der Waals surface area contributed by atoms with E-state index in [1.165, 1.54) is 50.0 Å². The third-order valence-electron chi connectivity index (χ3n) is 6.64. The smallest absolute Gasteiger partial charge is 0.0367 e. The van der Waals surface area contributed by atoms with Crippen LogP contribution in [0.25, 0.3) is 0 Å². The Labute approximate surface area is 182 Å². The molecule has 1 saturated carbocycles. The van der Waals surface area contributed by atoms with Gasteiger partial charge in [0.2, 0.25) is 0 Å². The number of hydrogen-bond donors (Lipinski definition) is 1. The molecule has 2 fully saturated rings. The van der Waals surface area contributed by atoms with Crippen LogP contribution in [0.15, 0.2) is 60.7 Å². The minimum absolute atomic E-state index is 0. The van der Waals surface area contributed by atoms with Crippen molar-refractivity contribution >= 4 is 30.5 Å². The van der Waals surface area contributed by atoms with Crippen LogP contribution < -0.4 is 10.6 Å². The maximum Gasteiger partial charge on any atom is 0.0367 e. The van der Waals surface area contributed by atoms with Crippen molar-refractivity contribution in [2.75, 3.05) is 37.6 Å². The molecule has 0 unspecified atom stereocenters. The zero-order valence-corrected chi connectivity index (χ0v) is 18.1. The number of para-hydroxylation sites is 1. The first-order chi connectivity index (χ1) is 12.8. The summed E-state index contributed by atoms with van der Waals surface area (Å²) >= 11 is 0. The molecule has 1 saturated heterocycles. The van der Waals surface area contributed by atoms with Crippen molar-refractivity contribution in [3.05, 3.63) is 66.2 Å². The lowest BCUT2D eigenvalue weighted by Crippen LogP contribution is -2.53. The molecule has 3 nitrogen and oxygen atoms in total. The van der Waals surface area contributed by atoms with Gasteiger partial charge in [0, 0.05) is 49.9 Å². The van der Waals surface area contributed by atoms with Gasteiger partial charge in [0.05, 0.1) is 0 Å². The Hall–Kier alpha value is -1.26. The van der Waals surface area contributed by atoms with E-state index in [1.807, 2.05) is 0 Å². The summed E-state index contributed by atoms with van der Waals surface area (Å²) in [6, 6.07) is 22.5. The predicted octanol–water partition coefficient (Wildman–Crippen LogP) is 4.49. The highest BCUT2D eigenvalue weighted by Crippen LogP contribution is 2.40. The molecule has 0 bridgehead atoms. The molecule has 0 radical (unpaired) electrons. The van der Waals surface area contributed by atoms with Gasteiger partial charge >= 0.3 is 0 Å². The molecule has 0 spiro atoms. The summed E-state index contributed by atoms with van der Waals surface area (Å²) in [4.78, 5) is 5.25. The van der Waals surface area contributed by atoms with Crippen molar-refractivity contribution in [2.45, 2.75) is 37.1 Å². The maximum absolute atomic E-state index is 6.26. The molecular weight excluding hydrogens is 389 g/mol. The lowest BCUT2D eigenvalue weighted by Gasteiger charge is -2.46. The highest BCUT2D eigenvalue weighted by Gasteiger charge is 2.37. The largest absolute Gasteiger partial charge is 0.369 e. The van der Waals surface area contributed by atoms with Crippen molar-refractivity contribution in [1.29, 1.82) is 0 Å². The van der Waals surface area contributed by atoms with E-state index in [9.17, 15) is 0 Å². The van der Waals surface area contributed by atoms with Crippen LogP contribution in [0.3, 0.4) is 0 Å². The van der Waals surface area contributed by atoms with E-state index in [2.05, 4.69) is 70.5 Å². The third kappa shape index (κ3) is 4.83. The number of hydrogen-bond acceptors (Lipinski definition) is 3. The highest BCUT2D eigenvalue weighted by atomic mass is 35.5. The number of nitrogens with two attached hydrogens (primary N) is 1. The Bertz CT molecular complexity index is 680. The highest BCUT2D eigenvalue weighted by molar-refractivity contribution is 5.85. The van der Waals surface area contributed by atoms with E-state index < -0.39 is 0 Å². The van der Waals surface area contributed by atoms with Gasteiger partial charge in [0.25, 0.3) is 0 Å². The van der Waals surface area contributed by atoms with E-state index in [-0.39, 0.29) is 30.2 Å². The first-order valence-electron chi connectivity index (χ1n) is 10.1. The van der Waals surface area contributed by atoms with E-state index >= 15 is 0 Å². The monoisotopic (exact) mass is 421 g/mol. The molecule has 4 rings (SSSR count). The number of benzene rings is 2. The van der Waals surface area contributed by atoms with Crippen LogP contribution >= 0.6 is 24.8 Å². The van der Waals surface area contributed by atoms with E-state index in [1.54, 1.807) is 0 Å². The fraction of sp³-hybridized carbons (Fsp3) is 0.478. The second-order valence-electron chi connectivity index (χ2n) is 7.94. The summed E-state index contributed by atoms with van der Waals surface area (Å²) in [7, 11) is 0. The number of rotatable bonds is 4. The Morgan fingerprint density at radius 2 is 1.32 bits per heavy atom. The lowest BCUT2D eigenvalue weighted by atomic mass is 9.68. The molecule has 1 heterocycles. The molecule has 2 aliphatic rings. The Morgan fingerprint density at radius 1 is 0.786 bits per heavy atom. The van der Waals surface area contributed by atoms with Crippen molar-refractivity contribution in [3.8, 4) is 0 Å². The minimum atomic E-state index is 0. The van der Waals surface area contributed by atoms with Crippen molar-refractivity contribution in [1.82, 2.24) is 4.90 Å². The fourth-order valence-corrected chi connectivity index (χ4v) is 4.91. The molecule has 28 heavy (non-hydrogen) atoms. The van der Waals surface area contributed by atoms with Crippen LogP contribution in [0.5, 0.6) is 0 Å². The SMILES string of the molecule is Cl.Cl.NC[C@]1(c2ccccc2)CC[C@@H](N2CCN(c3ccccc3)CC2)CC1. The number of piperazine rings is 1. The van der Waals surface area contributed by atoms with Gasteiger partial charge in [0.15, 0.2) is 0 Å². The summed E-state index contributed by atoms with van der Waals surface area (Å²) in [6.07, 6.45) is 4.99. The minimum Gasteiger partial charge on any atom is -0.369 e. The molecular formula is C23H33Cl2N3. The topological polar surface area (TPSA) is 32.5 Å². The van der Waals surface area contributed by atoms with Gasteiger partial charge in [-0.2, -0.15) is 0 Å². The first kappa shape index (κ1) is 23.0. The Balaban J connectivity index is 0.00000140. The van der Waals surface area contributed by atoms with Crippen LogP contribution in [0.1, 0.15) is 31.2 Å². The summed E-state index contributed by atoms with van der Waals surface area (Å²) in [5.74, 6) is 0. The molecule has 154 valence electrons. The quantitative estimate of drug-likeness (QED) is 0.788. The van der Waals surface area contributed by atoms with Crippen molar-refractivity contribution in [3.63, 3.8) is 0 Å². The van der Waals surface area contributed by atoms with Crippen molar-refractivity contribution < 1.29 is 0 Å². The van der Waals surface area contributed by atoms with Crippen LogP contribution in [0.4, 0.5) is 5.69 Å². The van der Waals surface area contributed by atoms with Crippen LogP contribution in [0.2, 0.25) is 0 Å². The second kappa shape index (κ2) is 10.5. The Kier molecular flexibility index (Phi) is 8.63. The van der Waals surface area contributed by atoms with Gasteiger partial charge in [-0.05, 0) is 43.4 Å². The van der Waals surface area contributed by atoms with Gasteiger partial charge in [-0.15, -0.1) is 24.8 Å². The van der Waals surface area contributed by atoms with Gasteiger partial charge < -0.3 is 10.6 Å². The first-order valence-corrected chi connectivity index (χ1v) is 10.1. The lowest BCUT2D eigenvalue weighted by molar-refractivity contribution is 0.119. The molecule has 0 amide bonds. The summed E-state index contributed by atoms with van der Waals surface area (Å²) < 4.78 is 0.